The molecular weight excluding hydrogens is 146 g/mol. The first kappa shape index (κ1) is 8.75. The van der Waals surface area contributed by atoms with Gasteiger partial charge in [0, 0.05) is 0 Å². The largest absolute Gasteiger partial charge is 0.344 e. The number of benzene rings is 2. The first-order valence-electron chi connectivity index (χ1n) is 3.82. The molecular formula is C11H13N. The van der Waals surface area contributed by atoms with Crippen LogP contribution in [0, 0.1) is 6.92 Å². The van der Waals surface area contributed by atoms with Crippen molar-refractivity contribution in [3.8, 4) is 0 Å². The molecule has 0 heterocycles. The van der Waals surface area contributed by atoms with E-state index in [-0.39, 0.29) is 6.15 Å². The Balaban J connectivity index is 0.000000720. The third kappa shape index (κ3) is 1.46. The normalized spacial score (nSPS) is 9.42. The van der Waals surface area contributed by atoms with Gasteiger partial charge < -0.3 is 6.15 Å². The van der Waals surface area contributed by atoms with Crippen LogP contribution in [0.4, 0.5) is 0 Å². The van der Waals surface area contributed by atoms with Crippen LogP contribution in [-0.4, -0.2) is 0 Å². The fourth-order valence-electron chi connectivity index (χ4n) is 1.31. The lowest BCUT2D eigenvalue weighted by atomic mass is 10.1. The molecule has 0 fully saturated rings. The zero-order chi connectivity index (χ0) is 7.68. The van der Waals surface area contributed by atoms with Crippen molar-refractivity contribution in [2.45, 2.75) is 6.92 Å². The van der Waals surface area contributed by atoms with Crippen LogP contribution in [0.3, 0.4) is 0 Å². The number of aryl methyl sites for hydroxylation is 1. The predicted molar refractivity (Wildman–Crippen MR) is 53.7 cm³/mol. The Kier molecular flexibility index (Phi) is 2.46. The predicted octanol–water partition coefficient (Wildman–Crippen LogP) is 3.31. The van der Waals surface area contributed by atoms with E-state index < -0.39 is 0 Å². The summed E-state index contributed by atoms with van der Waals surface area (Å²) in [6.07, 6.45) is 0. The van der Waals surface area contributed by atoms with Gasteiger partial charge in [-0.05, 0) is 17.7 Å². The maximum Gasteiger partial charge on any atom is -0.0181 e. The van der Waals surface area contributed by atoms with Crippen LogP contribution >= 0.6 is 0 Å². The smallest absolute Gasteiger partial charge is 0.0181 e. The molecule has 2 rings (SSSR count). The molecule has 2 aromatic rings. The van der Waals surface area contributed by atoms with Gasteiger partial charge in [-0.15, -0.1) is 0 Å². The SMILES string of the molecule is Cc1ccc2ccccc2c1.N. The van der Waals surface area contributed by atoms with Gasteiger partial charge in [0.15, 0.2) is 0 Å². The second-order valence-corrected chi connectivity index (χ2v) is 2.85. The van der Waals surface area contributed by atoms with Crippen molar-refractivity contribution in [3.63, 3.8) is 0 Å². The van der Waals surface area contributed by atoms with Crippen LogP contribution in [0.5, 0.6) is 0 Å². The summed E-state index contributed by atoms with van der Waals surface area (Å²) in [5.41, 5.74) is 1.32. The van der Waals surface area contributed by atoms with Gasteiger partial charge in [0.2, 0.25) is 0 Å². The highest BCUT2D eigenvalue weighted by Crippen LogP contribution is 2.14. The summed E-state index contributed by atoms with van der Waals surface area (Å²) in [7, 11) is 0. The van der Waals surface area contributed by atoms with E-state index in [1.165, 1.54) is 16.3 Å². The fraction of sp³-hybridized carbons (Fsp3) is 0.0909. The highest BCUT2D eigenvalue weighted by Gasteiger charge is 1.89. The first-order chi connectivity index (χ1) is 5.36. The molecule has 3 N–H and O–H groups in total. The number of rotatable bonds is 0. The van der Waals surface area contributed by atoms with Gasteiger partial charge in [0.25, 0.3) is 0 Å². The van der Waals surface area contributed by atoms with Gasteiger partial charge in [-0.3, -0.25) is 0 Å². The summed E-state index contributed by atoms with van der Waals surface area (Å²) >= 11 is 0. The van der Waals surface area contributed by atoms with E-state index in [2.05, 4.69) is 49.4 Å². The summed E-state index contributed by atoms with van der Waals surface area (Å²) < 4.78 is 0. The van der Waals surface area contributed by atoms with E-state index in [9.17, 15) is 0 Å². The Hall–Kier alpha value is -1.34. The summed E-state index contributed by atoms with van der Waals surface area (Å²) in [5.74, 6) is 0. The van der Waals surface area contributed by atoms with Crippen LogP contribution < -0.4 is 6.15 Å². The van der Waals surface area contributed by atoms with E-state index in [1.807, 2.05) is 0 Å². The summed E-state index contributed by atoms with van der Waals surface area (Å²) in [6, 6.07) is 14.9. The van der Waals surface area contributed by atoms with Crippen molar-refractivity contribution in [2.24, 2.45) is 0 Å². The Morgan fingerprint density at radius 3 is 2.25 bits per heavy atom. The molecule has 12 heavy (non-hydrogen) atoms. The maximum atomic E-state index is 2.20. The van der Waals surface area contributed by atoms with Gasteiger partial charge in [-0.25, -0.2) is 0 Å². The van der Waals surface area contributed by atoms with Gasteiger partial charge in [-0.1, -0.05) is 48.0 Å². The molecule has 0 aliphatic rings. The first-order valence-corrected chi connectivity index (χ1v) is 3.82. The fourth-order valence-corrected chi connectivity index (χ4v) is 1.31. The second kappa shape index (κ2) is 3.37. The molecule has 2 aromatic carbocycles. The third-order valence-electron chi connectivity index (χ3n) is 1.90. The molecule has 0 aliphatic heterocycles. The Bertz CT molecular complexity index is 379. The monoisotopic (exact) mass is 159 g/mol. The minimum Gasteiger partial charge on any atom is -0.344 e. The van der Waals surface area contributed by atoms with Crippen molar-refractivity contribution in [3.05, 3.63) is 48.0 Å². The molecule has 0 bridgehead atoms. The van der Waals surface area contributed by atoms with Gasteiger partial charge in [-0.2, -0.15) is 0 Å². The average Bonchev–Trinajstić information content (AvgIpc) is 2.04. The zero-order valence-corrected chi connectivity index (χ0v) is 7.25. The molecule has 62 valence electrons. The van der Waals surface area contributed by atoms with Crippen molar-refractivity contribution in [1.82, 2.24) is 6.15 Å². The Morgan fingerprint density at radius 2 is 1.50 bits per heavy atom. The minimum atomic E-state index is 0. The molecule has 0 amide bonds. The number of hydrogen-bond donors (Lipinski definition) is 1. The summed E-state index contributed by atoms with van der Waals surface area (Å²) in [5, 5.41) is 2.64. The molecule has 0 spiro atoms. The number of hydrogen-bond acceptors (Lipinski definition) is 1. The van der Waals surface area contributed by atoms with Crippen LogP contribution in [0.15, 0.2) is 42.5 Å². The maximum absolute atomic E-state index is 2.20. The van der Waals surface area contributed by atoms with E-state index in [4.69, 9.17) is 0 Å². The lowest BCUT2D eigenvalue weighted by Crippen LogP contribution is -1.73. The van der Waals surface area contributed by atoms with E-state index in [0.717, 1.165) is 0 Å². The third-order valence-corrected chi connectivity index (χ3v) is 1.90. The van der Waals surface area contributed by atoms with E-state index in [1.54, 1.807) is 0 Å². The minimum absolute atomic E-state index is 0. The van der Waals surface area contributed by atoms with Crippen LogP contribution in [-0.2, 0) is 0 Å². The van der Waals surface area contributed by atoms with E-state index in [0.29, 0.717) is 0 Å². The van der Waals surface area contributed by atoms with Crippen molar-refractivity contribution in [1.29, 1.82) is 0 Å². The molecule has 0 atom stereocenters. The molecule has 0 saturated heterocycles. The standard InChI is InChI=1S/C11H10.H3N/c1-9-6-7-10-4-2-3-5-11(10)8-9;/h2-8H,1H3;1H3. The van der Waals surface area contributed by atoms with Crippen molar-refractivity contribution < 1.29 is 0 Å². The molecule has 1 nitrogen and oxygen atoms in total. The Labute approximate surface area is 72.6 Å². The lowest BCUT2D eigenvalue weighted by Gasteiger charge is -1.96. The molecule has 1 heteroatoms. The summed E-state index contributed by atoms with van der Waals surface area (Å²) in [4.78, 5) is 0. The van der Waals surface area contributed by atoms with Crippen molar-refractivity contribution in [2.75, 3.05) is 0 Å². The average molecular weight is 159 g/mol. The lowest BCUT2D eigenvalue weighted by molar-refractivity contribution is 1.51. The zero-order valence-electron chi connectivity index (χ0n) is 7.25. The highest BCUT2D eigenvalue weighted by atomic mass is 14.0. The quantitative estimate of drug-likeness (QED) is 0.628. The van der Waals surface area contributed by atoms with Gasteiger partial charge in [0.05, 0.1) is 0 Å². The molecule has 0 aliphatic carbocycles. The van der Waals surface area contributed by atoms with Crippen LogP contribution in [0.1, 0.15) is 5.56 Å². The molecule has 0 unspecified atom stereocenters. The molecule has 0 saturated carbocycles. The topological polar surface area (TPSA) is 35.0 Å². The van der Waals surface area contributed by atoms with Crippen molar-refractivity contribution >= 4 is 10.8 Å². The van der Waals surface area contributed by atoms with Crippen LogP contribution in [0.2, 0.25) is 0 Å². The van der Waals surface area contributed by atoms with Gasteiger partial charge >= 0.3 is 0 Å². The molecule has 0 aromatic heterocycles. The second-order valence-electron chi connectivity index (χ2n) is 2.85. The number of fused-ring (bicyclic) bond motifs is 1. The summed E-state index contributed by atoms with van der Waals surface area (Å²) in [6.45, 7) is 2.12. The van der Waals surface area contributed by atoms with Crippen LogP contribution in [0.25, 0.3) is 10.8 Å². The van der Waals surface area contributed by atoms with Gasteiger partial charge in [0.1, 0.15) is 0 Å². The molecule has 0 radical (unpaired) electrons. The highest BCUT2D eigenvalue weighted by molar-refractivity contribution is 5.82. The van der Waals surface area contributed by atoms with E-state index >= 15 is 0 Å². The Morgan fingerprint density at radius 1 is 0.833 bits per heavy atom.